The monoisotopic (exact) mass is 388 g/mol. The molecule has 0 radical (unpaired) electrons. The summed E-state index contributed by atoms with van der Waals surface area (Å²) in [4.78, 5) is 4.89. The zero-order chi connectivity index (χ0) is 17.7. The molecule has 9 heteroatoms. The van der Waals surface area contributed by atoms with Gasteiger partial charge in [0.1, 0.15) is 12.7 Å². The average Bonchev–Trinajstić information content (AvgIpc) is 2.43. The van der Waals surface area contributed by atoms with Crippen molar-refractivity contribution < 1.29 is 23.1 Å². The van der Waals surface area contributed by atoms with Crippen molar-refractivity contribution in [3.05, 3.63) is 35.4 Å². The molecular weight excluding hydrogens is 368 g/mol. The molecule has 2 N–H and O–H groups in total. The van der Waals surface area contributed by atoms with Crippen molar-refractivity contribution in [3.63, 3.8) is 0 Å². The highest BCUT2D eigenvalue weighted by molar-refractivity contribution is 6.69. The number of benzene rings is 1. The lowest BCUT2D eigenvalue weighted by molar-refractivity contribution is -0.137. The third-order valence-electron chi connectivity index (χ3n) is 2.71. The van der Waals surface area contributed by atoms with E-state index in [1.807, 2.05) is 20.8 Å². The van der Waals surface area contributed by atoms with Gasteiger partial charge in [0.25, 0.3) is 0 Å². The number of hydrogen-bond acceptors (Lipinski definition) is 4. The van der Waals surface area contributed by atoms with Gasteiger partial charge >= 0.3 is 6.18 Å². The fraction of sp³-hybridized carbons (Fsp3) is 0.533. The van der Waals surface area contributed by atoms with Crippen LogP contribution in [0.2, 0.25) is 0 Å². The van der Waals surface area contributed by atoms with E-state index in [1.54, 1.807) is 0 Å². The van der Waals surface area contributed by atoms with Gasteiger partial charge in [-0.3, -0.25) is 0 Å². The van der Waals surface area contributed by atoms with Gasteiger partial charge in [-0.1, -0.05) is 28.9 Å². The van der Waals surface area contributed by atoms with E-state index in [1.165, 1.54) is 12.1 Å². The van der Waals surface area contributed by atoms with Crippen molar-refractivity contribution in [1.29, 1.82) is 0 Å². The van der Waals surface area contributed by atoms with Crippen molar-refractivity contribution in [1.82, 2.24) is 5.32 Å². The number of rotatable bonds is 6. The molecule has 0 spiro atoms. The maximum Gasteiger partial charge on any atom is 0.416 e. The number of oxime groups is 1. The predicted octanol–water partition coefficient (Wildman–Crippen LogP) is 3.79. The Morgan fingerprint density at radius 2 is 1.96 bits per heavy atom. The Morgan fingerprint density at radius 3 is 2.50 bits per heavy atom. The molecule has 0 aromatic heterocycles. The van der Waals surface area contributed by atoms with Crippen LogP contribution < -0.4 is 5.32 Å². The molecular formula is C15H21Cl2F3N2O2. The Kier molecular flexibility index (Phi) is 9.06. The highest BCUT2D eigenvalue weighted by Crippen LogP contribution is 2.29. The van der Waals surface area contributed by atoms with Crippen LogP contribution in [0.1, 0.15) is 31.9 Å². The summed E-state index contributed by atoms with van der Waals surface area (Å²) >= 11 is 5.82. The second-order valence-corrected chi connectivity index (χ2v) is 6.40. The number of nitrogens with one attached hydrogen (secondary N) is 1. The summed E-state index contributed by atoms with van der Waals surface area (Å²) in [5, 5.41) is 16.1. The third kappa shape index (κ3) is 8.73. The van der Waals surface area contributed by atoms with E-state index < -0.39 is 17.8 Å². The Balaban J connectivity index is 0.00000529. The first-order chi connectivity index (χ1) is 10.5. The van der Waals surface area contributed by atoms with Crippen LogP contribution >= 0.6 is 24.0 Å². The molecule has 138 valence electrons. The maximum absolute atomic E-state index is 12.6. The number of β-amino-alcohol motifs (C(OH)–C–C–N with tert-alkyl or cyclic N) is 1. The number of aliphatic hydroxyl groups excluding tert-OH is 1. The van der Waals surface area contributed by atoms with E-state index in [0.717, 1.165) is 12.1 Å². The predicted molar refractivity (Wildman–Crippen MR) is 90.8 cm³/mol. The lowest BCUT2D eigenvalue weighted by Gasteiger charge is -2.22. The van der Waals surface area contributed by atoms with Gasteiger partial charge in [-0.15, -0.1) is 12.4 Å². The molecule has 0 bridgehead atoms. The van der Waals surface area contributed by atoms with Crippen LogP contribution in [0.3, 0.4) is 0 Å². The smallest absolute Gasteiger partial charge is 0.392 e. The Labute approximate surface area is 150 Å². The van der Waals surface area contributed by atoms with E-state index >= 15 is 0 Å². The maximum atomic E-state index is 12.6. The van der Waals surface area contributed by atoms with Crippen LogP contribution in [0.4, 0.5) is 13.2 Å². The van der Waals surface area contributed by atoms with Crippen LogP contribution in [-0.2, 0) is 11.0 Å². The van der Waals surface area contributed by atoms with Gasteiger partial charge in [0.05, 0.1) is 5.56 Å². The van der Waals surface area contributed by atoms with Crippen LogP contribution in [0.5, 0.6) is 0 Å². The second-order valence-electron chi connectivity index (χ2n) is 6.04. The van der Waals surface area contributed by atoms with Gasteiger partial charge in [-0.2, -0.15) is 13.2 Å². The Bertz CT molecular complexity index is 546. The number of alkyl halides is 3. The van der Waals surface area contributed by atoms with Gasteiger partial charge in [-0.25, -0.2) is 0 Å². The summed E-state index contributed by atoms with van der Waals surface area (Å²) in [6, 6.07) is 4.45. The molecule has 0 amide bonds. The van der Waals surface area contributed by atoms with E-state index in [4.69, 9.17) is 16.4 Å². The molecule has 0 saturated carbocycles. The summed E-state index contributed by atoms with van der Waals surface area (Å²) in [7, 11) is 0. The molecule has 0 aliphatic rings. The van der Waals surface area contributed by atoms with E-state index in [2.05, 4.69) is 10.5 Å². The molecule has 0 aliphatic carbocycles. The zero-order valence-corrected chi connectivity index (χ0v) is 15.1. The van der Waals surface area contributed by atoms with Gasteiger partial charge in [0, 0.05) is 17.6 Å². The van der Waals surface area contributed by atoms with Gasteiger partial charge in [-0.05, 0) is 32.9 Å². The van der Waals surface area contributed by atoms with E-state index in [9.17, 15) is 18.3 Å². The summed E-state index contributed by atoms with van der Waals surface area (Å²) in [6.07, 6.45) is -5.27. The van der Waals surface area contributed by atoms with Crippen molar-refractivity contribution in [2.75, 3.05) is 13.2 Å². The first-order valence-corrected chi connectivity index (χ1v) is 7.33. The number of hydrogen-bond donors (Lipinski definition) is 2. The molecule has 0 saturated heterocycles. The van der Waals surface area contributed by atoms with Gasteiger partial charge in [0.15, 0.2) is 5.17 Å². The molecule has 0 fully saturated rings. The SMILES string of the molecule is CC(C)(C)NCC(O)CO/N=C(\Cl)c1cccc(C(F)(F)F)c1.Cl. The van der Waals surface area contributed by atoms with Crippen LogP contribution in [0.25, 0.3) is 0 Å². The lowest BCUT2D eigenvalue weighted by Crippen LogP contribution is -2.42. The minimum Gasteiger partial charge on any atom is -0.392 e. The van der Waals surface area contributed by atoms with Gasteiger partial charge in [0.2, 0.25) is 0 Å². The van der Waals surface area contributed by atoms with Crippen molar-refractivity contribution in [2.24, 2.45) is 5.16 Å². The first kappa shape index (κ1) is 23.0. The summed E-state index contributed by atoms with van der Waals surface area (Å²) in [6.45, 7) is 6.01. The largest absolute Gasteiger partial charge is 0.416 e. The topological polar surface area (TPSA) is 53.8 Å². The van der Waals surface area contributed by atoms with Crippen molar-refractivity contribution in [3.8, 4) is 0 Å². The van der Waals surface area contributed by atoms with E-state index in [0.29, 0.717) is 6.54 Å². The van der Waals surface area contributed by atoms with Gasteiger partial charge < -0.3 is 15.3 Å². The highest BCUT2D eigenvalue weighted by Gasteiger charge is 2.30. The first-order valence-electron chi connectivity index (χ1n) is 6.95. The summed E-state index contributed by atoms with van der Waals surface area (Å²) in [5.74, 6) is 0. The van der Waals surface area contributed by atoms with Crippen LogP contribution in [-0.4, -0.2) is 35.1 Å². The second kappa shape index (κ2) is 9.46. The van der Waals surface area contributed by atoms with Crippen molar-refractivity contribution >= 4 is 29.2 Å². The molecule has 1 rings (SSSR count). The number of nitrogens with zero attached hydrogens (tertiary/aromatic N) is 1. The Hall–Kier alpha value is -1.02. The fourth-order valence-corrected chi connectivity index (χ4v) is 1.71. The molecule has 24 heavy (non-hydrogen) atoms. The molecule has 0 heterocycles. The minimum atomic E-state index is -4.46. The quantitative estimate of drug-likeness (QED) is 0.575. The Morgan fingerprint density at radius 1 is 1.33 bits per heavy atom. The third-order valence-corrected chi connectivity index (χ3v) is 2.99. The van der Waals surface area contributed by atoms with Crippen LogP contribution in [0.15, 0.2) is 29.4 Å². The normalized spacial score (nSPS) is 14.1. The highest BCUT2D eigenvalue weighted by atomic mass is 35.5. The van der Waals surface area contributed by atoms with E-state index in [-0.39, 0.29) is 35.3 Å². The molecule has 1 aromatic carbocycles. The average molecular weight is 389 g/mol. The molecule has 1 atom stereocenters. The standard InChI is InChI=1S/C15H20ClF3N2O2.ClH/c1-14(2,3)20-8-12(22)9-23-21-13(16)10-5-4-6-11(7-10)15(17,18)19;/h4-7,12,20,22H,8-9H2,1-3H3;1H/b21-13-;. The van der Waals surface area contributed by atoms with Crippen molar-refractivity contribution in [2.45, 2.75) is 38.6 Å². The number of aliphatic hydroxyl groups is 1. The lowest BCUT2D eigenvalue weighted by atomic mass is 10.1. The molecule has 4 nitrogen and oxygen atoms in total. The van der Waals surface area contributed by atoms with Crippen LogP contribution in [0, 0.1) is 0 Å². The summed E-state index contributed by atoms with van der Waals surface area (Å²) in [5.41, 5.74) is -0.888. The zero-order valence-electron chi connectivity index (χ0n) is 13.5. The molecule has 0 aliphatic heterocycles. The fourth-order valence-electron chi connectivity index (χ4n) is 1.54. The molecule has 1 aromatic rings. The molecule has 1 unspecified atom stereocenters. The summed E-state index contributed by atoms with van der Waals surface area (Å²) < 4.78 is 37.8. The number of halogens is 5. The minimum absolute atomic E-state index is 0.